The van der Waals surface area contributed by atoms with Gasteiger partial charge in [-0.1, -0.05) is 6.92 Å². The zero-order chi connectivity index (χ0) is 13.7. The maximum Gasteiger partial charge on any atom is 0.423 e. The molecule has 1 unspecified atom stereocenters. The normalized spacial score (nSPS) is 15.4. The van der Waals surface area contributed by atoms with Crippen molar-refractivity contribution in [3.05, 3.63) is 0 Å². The number of halogens is 6. The summed E-state index contributed by atoms with van der Waals surface area (Å²) in [5.41, 5.74) is 0. The molecule has 0 amide bonds. The monoisotopic (exact) mass is 267 g/mol. The Morgan fingerprint density at radius 3 is 1.88 bits per heavy atom. The van der Waals surface area contributed by atoms with Crippen LogP contribution >= 0.6 is 0 Å². The molecule has 0 bridgehead atoms. The van der Waals surface area contributed by atoms with E-state index in [1.807, 2.05) is 6.92 Å². The van der Waals surface area contributed by atoms with Crippen LogP contribution in [-0.2, 0) is 4.74 Å². The summed E-state index contributed by atoms with van der Waals surface area (Å²) in [7, 11) is 0. The predicted octanol–water partition coefficient (Wildman–Crippen LogP) is 2.88. The van der Waals surface area contributed by atoms with Gasteiger partial charge in [0.1, 0.15) is 0 Å². The molecule has 0 radical (unpaired) electrons. The van der Waals surface area contributed by atoms with Crippen molar-refractivity contribution in [3.8, 4) is 0 Å². The standard InChI is InChI=1S/C9H15F6NO/c1-3-4-16-6(2)5-17-7(8(10,11)12)9(13,14)15/h6-7,16H,3-5H2,1-2H3. The molecule has 0 spiro atoms. The predicted molar refractivity (Wildman–Crippen MR) is 49.6 cm³/mol. The van der Waals surface area contributed by atoms with Crippen LogP contribution in [0.25, 0.3) is 0 Å². The third-order valence-electron chi connectivity index (χ3n) is 1.85. The highest BCUT2D eigenvalue weighted by molar-refractivity contribution is 4.76. The molecule has 17 heavy (non-hydrogen) atoms. The van der Waals surface area contributed by atoms with Crippen LogP contribution in [-0.4, -0.2) is 37.7 Å². The molecule has 0 fully saturated rings. The molecule has 0 aliphatic rings. The lowest BCUT2D eigenvalue weighted by atomic mass is 10.3. The van der Waals surface area contributed by atoms with Gasteiger partial charge >= 0.3 is 12.4 Å². The molecule has 104 valence electrons. The number of alkyl halides is 6. The SMILES string of the molecule is CCCNC(C)COC(C(F)(F)F)C(F)(F)F. The van der Waals surface area contributed by atoms with Crippen molar-refractivity contribution in [2.75, 3.05) is 13.2 Å². The maximum absolute atomic E-state index is 12.1. The second kappa shape index (κ2) is 6.44. The van der Waals surface area contributed by atoms with Crippen molar-refractivity contribution in [1.29, 1.82) is 0 Å². The first-order chi connectivity index (χ1) is 7.59. The largest absolute Gasteiger partial charge is 0.423 e. The van der Waals surface area contributed by atoms with E-state index in [1.54, 1.807) is 0 Å². The van der Waals surface area contributed by atoms with E-state index >= 15 is 0 Å². The minimum absolute atomic E-state index is 0.507. The van der Waals surface area contributed by atoms with Crippen molar-refractivity contribution in [2.24, 2.45) is 0 Å². The summed E-state index contributed by atoms with van der Waals surface area (Å²) >= 11 is 0. The molecule has 0 aromatic rings. The van der Waals surface area contributed by atoms with Crippen LogP contribution in [0.3, 0.4) is 0 Å². The van der Waals surface area contributed by atoms with E-state index in [4.69, 9.17) is 0 Å². The van der Waals surface area contributed by atoms with Crippen molar-refractivity contribution < 1.29 is 31.1 Å². The molecule has 1 N–H and O–H groups in total. The minimum atomic E-state index is -5.44. The van der Waals surface area contributed by atoms with Gasteiger partial charge in [-0.05, 0) is 19.9 Å². The summed E-state index contributed by atoms with van der Waals surface area (Å²) in [4.78, 5) is 0. The molecule has 0 rings (SSSR count). The fraction of sp³-hybridized carbons (Fsp3) is 1.00. The van der Waals surface area contributed by atoms with E-state index in [0.29, 0.717) is 6.54 Å². The number of rotatable bonds is 6. The molecule has 0 saturated carbocycles. The fourth-order valence-corrected chi connectivity index (χ4v) is 1.06. The summed E-state index contributed by atoms with van der Waals surface area (Å²) in [6.07, 6.45) is -13.9. The van der Waals surface area contributed by atoms with Crippen molar-refractivity contribution >= 4 is 0 Å². The van der Waals surface area contributed by atoms with Crippen LogP contribution in [0.15, 0.2) is 0 Å². The Kier molecular flexibility index (Phi) is 6.25. The van der Waals surface area contributed by atoms with Crippen LogP contribution in [0.4, 0.5) is 26.3 Å². The molecule has 2 nitrogen and oxygen atoms in total. The van der Waals surface area contributed by atoms with E-state index in [0.717, 1.165) is 6.42 Å². The minimum Gasteiger partial charge on any atom is -0.359 e. The smallest absolute Gasteiger partial charge is 0.359 e. The van der Waals surface area contributed by atoms with Crippen molar-refractivity contribution in [3.63, 3.8) is 0 Å². The first kappa shape index (κ1) is 16.5. The van der Waals surface area contributed by atoms with Gasteiger partial charge < -0.3 is 10.1 Å². The van der Waals surface area contributed by atoms with E-state index < -0.39 is 31.1 Å². The molecule has 0 heterocycles. The topological polar surface area (TPSA) is 21.3 Å². The van der Waals surface area contributed by atoms with Gasteiger partial charge in [-0.2, -0.15) is 26.3 Å². The van der Waals surface area contributed by atoms with Crippen LogP contribution in [0, 0.1) is 0 Å². The quantitative estimate of drug-likeness (QED) is 0.747. The highest BCUT2D eigenvalue weighted by Gasteiger charge is 2.57. The number of ether oxygens (including phenoxy) is 1. The molecule has 8 heteroatoms. The summed E-state index contributed by atoms with van der Waals surface area (Å²) < 4.78 is 76.2. The lowest BCUT2D eigenvalue weighted by Crippen LogP contribution is -2.46. The Morgan fingerprint density at radius 1 is 1.06 bits per heavy atom. The second-order valence-electron chi connectivity index (χ2n) is 3.65. The Hall–Kier alpha value is -0.500. The Morgan fingerprint density at radius 2 is 1.53 bits per heavy atom. The van der Waals surface area contributed by atoms with E-state index in [-0.39, 0.29) is 0 Å². The van der Waals surface area contributed by atoms with Crippen molar-refractivity contribution in [1.82, 2.24) is 5.32 Å². The van der Waals surface area contributed by atoms with Gasteiger partial charge in [-0.3, -0.25) is 0 Å². The lowest BCUT2D eigenvalue weighted by molar-refractivity contribution is -0.322. The zero-order valence-corrected chi connectivity index (χ0v) is 9.45. The van der Waals surface area contributed by atoms with Crippen LogP contribution in [0.5, 0.6) is 0 Å². The Labute approximate surface area is 95.3 Å². The van der Waals surface area contributed by atoms with Crippen LogP contribution in [0.2, 0.25) is 0 Å². The summed E-state index contributed by atoms with van der Waals surface area (Å²) in [5.74, 6) is 0. The van der Waals surface area contributed by atoms with Gasteiger partial charge in [0.25, 0.3) is 0 Å². The van der Waals surface area contributed by atoms with Gasteiger partial charge in [0, 0.05) is 6.04 Å². The molecule has 0 aliphatic heterocycles. The fourth-order valence-electron chi connectivity index (χ4n) is 1.06. The molecule has 1 atom stereocenters. The second-order valence-corrected chi connectivity index (χ2v) is 3.65. The molecule has 0 aliphatic carbocycles. The summed E-state index contributed by atoms with van der Waals surface area (Å²) in [5, 5.41) is 2.73. The van der Waals surface area contributed by atoms with Crippen molar-refractivity contribution in [2.45, 2.75) is 44.8 Å². The first-order valence-corrected chi connectivity index (χ1v) is 5.07. The molecular formula is C9H15F6NO. The highest BCUT2D eigenvalue weighted by Crippen LogP contribution is 2.35. The van der Waals surface area contributed by atoms with E-state index in [1.165, 1.54) is 6.92 Å². The van der Waals surface area contributed by atoms with Gasteiger partial charge in [-0.15, -0.1) is 0 Å². The lowest BCUT2D eigenvalue weighted by Gasteiger charge is -2.24. The van der Waals surface area contributed by atoms with E-state index in [9.17, 15) is 26.3 Å². The van der Waals surface area contributed by atoms with Gasteiger partial charge in [-0.25, -0.2) is 0 Å². The number of hydrogen-bond donors (Lipinski definition) is 1. The van der Waals surface area contributed by atoms with Crippen LogP contribution < -0.4 is 5.32 Å². The molecule has 0 saturated heterocycles. The third-order valence-corrected chi connectivity index (χ3v) is 1.85. The first-order valence-electron chi connectivity index (χ1n) is 5.07. The molecule has 0 aromatic carbocycles. The van der Waals surface area contributed by atoms with Gasteiger partial charge in [0.2, 0.25) is 6.10 Å². The number of hydrogen-bond acceptors (Lipinski definition) is 2. The Bertz CT molecular complexity index is 201. The summed E-state index contributed by atoms with van der Waals surface area (Å²) in [6.45, 7) is 3.14. The highest BCUT2D eigenvalue weighted by atomic mass is 19.4. The van der Waals surface area contributed by atoms with Crippen LogP contribution in [0.1, 0.15) is 20.3 Å². The zero-order valence-electron chi connectivity index (χ0n) is 9.45. The number of nitrogens with one attached hydrogen (secondary N) is 1. The average molecular weight is 267 g/mol. The maximum atomic E-state index is 12.1. The third kappa shape index (κ3) is 6.72. The summed E-state index contributed by atoms with van der Waals surface area (Å²) in [6, 6.07) is -0.567. The van der Waals surface area contributed by atoms with E-state index in [2.05, 4.69) is 10.1 Å². The van der Waals surface area contributed by atoms with Gasteiger partial charge in [0.15, 0.2) is 0 Å². The van der Waals surface area contributed by atoms with Gasteiger partial charge in [0.05, 0.1) is 6.61 Å². The molecule has 0 aromatic heterocycles. The Balaban J connectivity index is 4.29. The average Bonchev–Trinajstić information content (AvgIpc) is 2.10. The molecular weight excluding hydrogens is 252 g/mol.